The summed E-state index contributed by atoms with van der Waals surface area (Å²) >= 11 is 0. The Bertz CT molecular complexity index is 495. The summed E-state index contributed by atoms with van der Waals surface area (Å²) in [4.78, 5) is 14.4. The second-order valence-corrected chi connectivity index (χ2v) is 5.57. The molecule has 1 aromatic carbocycles. The Morgan fingerprint density at radius 2 is 2.05 bits per heavy atom. The van der Waals surface area contributed by atoms with Crippen LogP contribution in [0.15, 0.2) is 18.2 Å². The van der Waals surface area contributed by atoms with E-state index in [9.17, 15) is 4.79 Å². The first-order valence-electron chi connectivity index (χ1n) is 6.76. The Hall–Kier alpha value is -1.71. The average molecular weight is 262 g/mol. The van der Waals surface area contributed by atoms with E-state index in [1.54, 1.807) is 0 Å². The fraction of sp³-hybridized carbons (Fsp3) is 0.533. The van der Waals surface area contributed by atoms with Gasteiger partial charge < -0.3 is 15.0 Å². The molecule has 2 rings (SSSR count). The molecule has 1 N–H and O–H groups in total. The summed E-state index contributed by atoms with van der Waals surface area (Å²) in [5.41, 5.74) is 1.26. The summed E-state index contributed by atoms with van der Waals surface area (Å²) in [6, 6.07) is 5.88. The van der Waals surface area contributed by atoms with Gasteiger partial charge in [0.15, 0.2) is 0 Å². The smallest absolute Gasteiger partial charge is 0.249 e. The van der Waals surface area contributed by atoms with Gasteiger partial charge in [-0.1, -0.05) is 6.07 Å². The van der Waals surface area contributed by atoms with Crippen LogP contribution < -0.4 is 15.0 Å². The summed E-state index contributed by atoms with van der Waals surface area (Å²) in [5, 5.41) is 2.98. The second-order valence-electron chi connectivity index (χ2n) is 5.57. The van der Waals surface area contributed by atoms with Crippen molar-refractivity contribution in [2.75, 3.05) is 16.8 Å². The predicted octanol–water partition coefficient (Wildman–Crippen LogP) is 3.03. The van der Waals surface area contributed by atoms with Crippen molar-refractivity contribution < 1.29 is 9.53 Å². The summed E-state index contributed by atoms with van der Waals surface area (Å²) in [6.45, 7) is 10.7. The fourth-order valence-electron chi connectivity index (χ4n) is 2.48. The lowest BCUT2D eigenvalue weighted by atomic mass is 9.96. The van der Waals surface area contributed by atoms with Gasteiger partial charge in [0.2, 0.25) is 5.91 Å². The maximum absolute atomic E-state index is 12.3. The Kier molecular flexibility index (Phi) is 3.43. The quantitative estimate of drug-likeness (QED) is 0.910. The fourth-order valence-corrected chi connectivity index (χ4v) is 2.48. The molecule has 0 saturated heterocycles. The van der Waals surface area contributed by atoms with Gasteiger partial charge in [0.25, 0.3) is 0 Å². The van der Waals surface area contributed by atoms with Crippen molar-refractivity contribution in [2.45, 2.75) is 46.3 Å². The normalized spacial score (nSPS) is 17.2. The zero-order valence-electron chi connectivity index (χ0n) is 12.3. The number of ether oxygens (including phenoxy) is 1. The van der Waals surface area contributed by atoms with Gasteiger partial charge in [0, 0.05) is 6.54 Å². The van der Waals surface area contributed by atoms with Gasteiger partial charge in [-0.25, -0.2) is 0 Å². The van der Waals surface area contributed by atoms with E-state index in [-0.39, 0.29) is 12.0 Å². The summed E-state index contributed by atoms with van der Waals surface area (Å²) in [6.07, 6.45) is 0.0772. The molecular weight excluding hydrogens is 240 g/mol. The summed E-state index contributed by atoms with van der Waals surface area (Å²) in [7, 11) is 0. The van der Waals surface area contributed by atoms with Gasteiger partial charge in [0.05, 0.1) is 11.8 Å². The number of benzene rings is 1. The van der Waals surface area contributed by atoms with E-state index < -0.39 is 5.54 Å². The molecule has 0 aromatic heterocycles. The zero-order valence-corrected chi connectivity index (χ0v) is 12.3. The Morgan fingerprint density at radius 3 is 2.63 bits per heavy atom. The van der Waals surface area contributed by atoms with Crippen LogP contribution in [0, 0.1) is 0 Å². The number of hydrogen-bond acceptors (Lipinski definition) is 3. The first kappa shape index (κ1) is 13.7. The predicted molar refractivity (Wildman–Crippen MR) is 77.9 cm³/mol. The summed E-state index contributed by atoms with van der Waals surface area (Å²) in [5.74, 6) is 0.733. The van der Waals surface area contributed by atoms with Crippen molar-refractivity contribution in [1.29, 1.82) is 0 Å². The molecule has 1 aliphatic rings. The van der Waals surface area contributed by atoms with Gasteiger partial charge in [-0.15, -0.1) is 0 Å². The standard InChI is InChI=1S/C15H22N2O2/c1-6-17-11-8-7-9-12(19-10(2)3)13(11)16-14(18)15(17,4)5/h7-10H,6H2,1-5H3,(H,16,18). The molecule has 0 bridgehead atoms. The molecule has 1 aromatic rings. The molecule has 0 unspecified atom stereocenters. The third-order valence-corrected chi connectivity index (χ3v) is 3.44. The van der Waals surface area contributed by atoms with Crippen LogP contribution in [-0.2, 0) is 4.79 Å². The van der Waals surface area contributed by atoms with Gasteiger partial charge in [-0.05, 0) is 46.8 Å². The van der Waals surface area contributed by atoms with E-state index >= 15 is 0 Å². The molecule has 0 radical (unpaired) electrons. The van der Waals surface area contributed by atoms with Gasteiger partial charge in [-0.2, -0.15) is 0 Å². The van der Waals surface area contributed by atoms with E-state index in [2.05, 4.69) is 17.1 Å². The molecule has 4 heteroatoms. The van der Waals surface area contributed by atoms with E-state index in [1.807, 2.05) is 45.9 Å². The lowest BCUT2D eigenvalue weighted by molar-refractivity contribution is -0.120. The highest BCUT2D eigenvalue weighted by molar-refractivity contribution is 6.07. The molecular formula is C15H22N2O2. The largest absolute Gasteiger partial charge is 0.489 e. The molecule has 4 nitrogen and oxygen atoms in total. The van der Waals surface area contributed by atoms with Crippen LogP contribution in [0.25, 0.3) is 0 Å². The minimum Gasteiger partial charge on any atom is -0.489 e. The molecule has 0 aliphatic carbocycles. The van der Waals surface area contributed by atoms with Crippen molar-refractivity contribution >= 4 is 17.3 Å². The first-order valence-corrected chi connectivity index (χ1v) is 6.76. The van der Waals surface area contributed by atoms with Gasteiger partial charge in [0.1, 0.15) is 17.0 Å². The van der Waals surface area contributed by atoms with Crippen LogP contribution in [0.4, 0.5) is 11.4 Å². The molecule has 0 atom stereocenters. The number of carbonyl (C=O) groups excluding carboxylic acids is 1. The number of carbonyl (C=O) groups is 1. The van der Waals surface area contributed by atoms with Crippen molar-refractivity contribution in [2.24, 2.45) is 0 Å². The monoisotopic (exact) mass is 262 g/mol. The topological polar surface area (TPSA) is 41.6 Å². The Balaban J connectivity index is 2.52. The lowest BCUT2D eigenvalue weighted by Gasteiger charge is -2.43. The lowest BCUT2D eigenvalue weighted by Crippen LogP contribution is -2.56. The van der Waals surface area contributed by atoms with Crippen LogP contribution in [-0.4, -0.2) is 24.1 Å². The van der Waals surface area contributed by atoms with Crippen LogP contribution in [0.1, 0.15) is 34.6 Å². The first-order chi connectivity index (χ1) is 8.87. The molecule has 19 heavy (non-hydrogen) atoms. The van der Waals surface area contributed by atoms with Crippen LogP contribution >= 0.6 is 0 Å². The van der Waals surface area contributed by atoms with Gasteiger partial charge in [-0.3, -0.25) is 4.79 Å². The number of amides is 1. The molecule has 1 aliphatic heterocycles. The number of fused-ring (bicyclic) bond motifs is 1. The van der Waals surface area contributed by atoms with Crippen molar-refractivity contribution in [3.05, 3.63) is 18.2 Å². The maximum Gasteiger partial charge on any atom is 0.249 e. The van der Waals surface area contributed by atoms with Crippen molar-refractivity contribution in [1.82, 2.24) is 0 Å². The molecule has 0 spiro atoms. The number of nitrogens with one attached hydrogen (secondary N) is 1. The van der Waals surface area contributed by atoms with Crippen molar-refractivity contribution in [3.8, 4) is 5.75 Å². The molecule has 104 valence electrons. The van der Waals surface area contributed by atoms with Crippen LogP contribution in [0.2, 0.25) is 0 Å². The molecule has 0 saturated carbocycles. The summed E-state index contributed by atoms with van der Waals surface area (Å²) < 4.78 is 5.78. The Morgan fingerprint density at radius 1 is 1.37 bits per heavy atom. The zero-order chi connectivity index (χ0) is 14.2. The highest BCUT2D eigenvalue weighted by Crippen LogP contribution is 2.42. The number of para-hydroxylation sites is 1. The van der Waals surface area contributed by atoms with Crippen LogP contribution in [0.3, 0.4) is 0 Å². The minimum absolute atomic E-state index is 0.00153. The third-order valence-electron chi connectivity index (χ3n) is 3.44. The SMILES string of the molecule is CCN1c2cccc(OC(C)C)c2NC(=O)C1(C)C. The highest BCUT2D eigenvalue weighted by atomic mass is 16.5. The van der Waals surface area contributed by atoms with E-state index in [4.69, 9.17) is 4.74 Å². The van der Waals surface area contributed by atoms with E-state index in [0.29, 0.717) is 0 Å². The second kappa shape index (κ2) is 4.76. The number of anilines is 2. The third kappa shape index (κ3) is 2.27. The number of nitrogens with zero attached hydrogens (tertiary/aromatic N) is 1. The molecule has 0 fully saturated rings. The van der Waals surface area contributed by atoms with Crippen LogP contribution in [0.5, 0.6) is 5.75 Å². The minimum atomic E-state index is -0.543. The number of hydrogen-bond donors (Lipinski definition) is 1. The van der Waals surface area contributed by atoms with E-state index in [1.165, 1.54) is 0 Å². The highest BCUT2D eigenvalue weighted by Gasteiger charge is 2.40. The number of likely N-dealkylation sites (N-methyl/N-ethyl adjacent to an activating group) is 1. The van der Waals surface area contributed by atoms with Gasteiger partial charge >= 0.3 is 0 Å². The number of rotatable bonds is 3. The Labute approximate surface area is 114 Å². The average Bonchev–Trinajstić information content (AvgIpc) is 2.31. The van der Waals surface area contributed by atoms with Crippen molar-refractivity contribution in [3.63, 3.8) is 0 Å². The maximum atomic E-state index is 12.3. The van der Waals surface area contributed by atoms with E-state index in [0.717, 1.165) is 23.7 Å². The molecule has 1 heterocycles. The molecule has 1 amide bonds.